The molecule has 0 fully saturated rings. The Labute approximate surface area is 142 Å². The monoisotopic (exact) mass is 372 g/mol. The Kier molecular flexibility index (Phi) is 4.65. The minimum atomic E-state index is -1.62. The van der Waals surface area contributed by atoms with Crippen molar-refractivity contribution in [3.05, 3.63) is 64.1 Å². The molecule has 0 spiro atoms. The number of nitrogens with one attached hydrogen (secondary N) is 1. The lowest BCUT2D eigenvalue weighted by molar-refractivity contribution is 0.237. The molecule has 0 unspecified atom stereocenters. The summed E-state index contributed by atoms with van der Waals surface area (Å²) in [5, 5.41) is 10.1. The molecule has 0 aliphatic rings. The van der Waals surface area contributed by atoms with Gasteiger partial charge in [-0.1, -0.05) is 0 Å². The van der Waals surface area contributed by atoms with E-state index in [4.69, 9.17) is 21.4 Å². The molecule has 1 aromatic carbocycles. The van der Waals surface area contributed by atoms with Crippen LogP contribution in [0.4, 0.5) is 17.6 Å². The molecule has 130 valence electrons. The molecule has 0 saturated carbocycles. The van der Waals surface area contributed by atoms with Crippen LogP contribution in [0.15, 0.2) is 34.0 Å². The third-order valence-corrected chi connectivity index (χ3v) is 3.24. The number of nitrogens with zero attached hydrogens (tertiary/aromatic N) is 3. The molecule has 0 aliphatic carbocycles. The first-order chi connectivity index (χ1) is 12.0. The van der Waals surface area contributed by atoms with Gasteiger partial charge in [-0.15, -0.1) is 0 Å². The van der Waals surface area contributed by atoms with Gasteiger partial charge in [0.05, 0.1) is 6.21 Å². The van der Waals surface area contributed by atoms with E-state index in [1.54, 1.807) is 0 Å². The van der Waals surface area contributed by atoms with Crippen molar-refractivity contribution in [2.75, 3.05) is 0 Å². The molecule has 0 bridgehead atoms. The Balaban J connectivity index is 1.72. The van der Waals surface area contributed by atoms with E-state index in [-0.39, 0.29) is 22.4 Å². The first-order valence-corrected chi connectivity index (χ1v) is 7.07. The molecule has 0 amide bonds. The number of H-pyrrole nitrogens is 1. The number of halogens is 4. The van der Waals surface area contributed by atoms with Gasteiger partial charge >= 0.3 is 0 Å². The van der Waals surface area contributed by atoms with Crippen LogP contribution in [0.5, 0.6) is 5.75 Å². The SMILES string of the molecule is Fc1cc(F)c(F)c(OCc2ccc(C=Nn3cn[nH]c3=S)o2)c1F. The van der Waals surface area contributed by atoms with Crippen LogP contribution >= 0.6 is 12.2 Å². The summed E-state index contributed by atoms with van der Waals surface area (Å²) >= 11 is 4.90. The summed E-state index contributed by atoms with van der Waals surface area (Å²) in [5.41, 5.74) is 0. The third-order valence-electron chi connectivity index (χ3n) is 2.96. The predicted octanol–water partition coefficient (Wildman–Crippen LogP) is 3.55. The van der Waals surface area contributed by atoms with Gasteiger partial charge in [0, 0.05) is 6.07 Å². The molecule has 0 radical (unpaired) electrons. The molecule has 0 saturated heterocycles. The van der Waals surface area contributed by atoms with Crippen molar-refractivity contribution in [2.45, 2.75) is 6.61 Å². The quantitative estimate of drug-likeness (QED) is 0.322. The van der Waals surface area contributed by atoms with Crippen LogP contribution in [0.1, 0.15) is 11.5 Å². The van der Waals surface area contributed by atoms with Crippen molar-refractivity contribution < 1.29 is 26.7 Å². The zero-order valence-corrected chi connectivity index (χ0v) is 13.0. The lowest BCUT2D eigenvalue weighted by Crippen LogP contribution is -2.03. The van der Waals surface area contributed by atoms with Gasteiger partial charge in [0.15, 0.2) is 17.4 Å². The van der Waals surface area contributed by atoms with Crippen LogP contribution in [0, 0.1) is 28.0 Å². The van der Waals surface area contributed by atoms with Crippen molar-refractivity contribution in [1.29, 1.82) is 0 Å². The van der Waals surface area contributed by atoms with Crippen molar-refractivity contribution in [2.24, 2.45) is 5.10 Å². The average Bonchev–Trinajstić information content (AvgIpc) is 3.20. The van der Waals surface area contributed by atoms with Gasteiger partial charge < -0.3 is 9.15 Å². The molecule has 0 aliphatic heterocycles. The Morgan fingerprint density at radius 1 is 1.24 bits per heavy atom. The van der Waals surface area contributed by atoms with Crippen LogP contribution in [-0.2, 0) is 6.61 Å². The fourth-order valence-electron chi connectivity index (χ4n) is 1.81. The zero-order valence-electron chi connectivity index (χ0n) is 12.2. The van der Waals surface area contributed by atoms with E-state index in [9.17, 15) is 17.6 Å². The van der Waals surface area contributed by atoms with E-state index in [0.29, 0.717) is 0 Å². The molecule has 25 heavy (non-hydrogen) atoms. The smallest absolute Gasteiger partial charge is 0.216 e. The lowest BCUT2D eigenvalue weighted by Gasteiger charge is -2.07. The maximum Gasteiger partial charge on any atom is 0.216 e. The van der Waals surface area contributed by atoms with Crippen LogP contribution < -0.4 is 4.74 Å². The average molecular weight is 372 g/mol. The van der Waals surface area contributed by atoms with Gasteiger partial charge in [0.2, 0.25) is 16.4 Å². The summed E-state index contributed by atoms with van der Waals surface area (Å²) in [7, 11) is 0. The Bertz CT molecular complexity index is 969. The van der Waals surface area contributed by atoms with Gasteiger partial charge in [-0.3, -0.25) is 5.10 Å². The van der Waals surface area contributed by atoms with E-state index in [1.807, 2.05) is 0 Å². The van der Waals surface area contributed by atoms with Gasteiger partial charge in [0.25, 0.3) is 0 Å². The fraction of sp³-hybridized carbons (Fsp3) is 0.0714. The molecule has 3 aromatic rings. The molecule has 2 aromatic heterocycles. The summed E-state index contributed by atoms with van der Waals surface area (Å²) in [6.45, 7) is -0.449. The highest BCUT2D eigenvalue weighted by Gasteiger charge is 2.21. The standard InChI is InChI=1S/C14H8F4N4O2S/c15-9-3-10(16)12(18)13(11(9)17)23-5-8-2-1-7(24-8)4-20-22-6-19-21-14(22)25/h1-4,6H,5H2,(H,21,25). The van der Waals surface area contributed by atoms with E-state index in [0.717, 1.165) is 0 Å². The minimum Gasteiger partial charge on any atom is -0.479 e. The molecular weight excluding hydrogens is 364 g/mol. The normalized spacial score (nSPS) is 11.4. The number of hydrogen-bond acceptors (Lipinski definition) is 5. The van der Waals surface area contributed by atoms with E-state index >= 15 is 0 Å². The van der Waals surface area contributed by atoms with Crippen molar-refractivity contribution in [3.63, 3.8) is 0 Å². The molecule has 0 atom stereocenters. The van der Waals surface area contributed by atoms with Gasteiger partial charge in [-0.25, -0.2) is 8.78 Å². The van der Waals surface area contributed by atoms with Crippen molar-refractivity contribution in [1.82, 2.24) is 14.9 Å². The molecule has 6 nitrogen and oxygen atoms in total. The topological polar surface area (TPSA) is 68.3 Å². The second kappa shape index (κ2) is 6.89. The van der Waals surface area contributed by atoms with Crippen LogP contribution in [-0.4, -0.2) is 21.1 Å². The van der Waals surface area contributed by atoms with Gasteiger partial charge in [0.1, 0.15) is 24.5 Å². The molecule has 11 heteroatoms. The number of aromatic amines is 1. The Hall–Kier alpha value is -2.95. The summed E-state index contributed by atoms with van der Waals surface area (Å²) < 4.78 is 64.8. The molecule has 2 heterocycles. The number of rotatable bonds is 5. The number of furan rings is 1. The summed E-state index contributed by atoms with van der Waals surface area (Å²) in [4.78, 5) is 0. The summed E-state index contributed by atoms with van der Waals surface area (Å²) in [5.74, 6) is -7.08. The van der Waals surface area contributed by atoms with E-state index < -0.39 is 35.6 Å². The third kappa shape index (κ3) is 3.60. The van der Waals surface area contributed by atoms with E-state index in [2.05, 4.69) is 15.3 Å². The van der Waals surface area contributed by atoms with Crippen molar-refractivity contribution >= 4 is 18.4 Å². The van der Waals surface area contributed by atoms with E-state index in [1.165, 1.54) is 29.4 Å². The summed E-state index contributed by atoms with van der Waals surface area (Å²) in [6, 6.07) is 3.05. The summed E-state index contributed by atoms with van der Waals surface area (Å²) in [6.07, 6.45) is 2.66. The molecule has 1 N–H and O–H groups in total. The lowest BCUT2D eigenvalue weighted by atomic mass is 10.3. The Morgan fingerprint density at radius 2 is 1.96 bits per heavy atom. The number of aromatic nitrogens is 3. The largest absolute Gasteiger partial charge is 0.479 e. The highest BCUT2D eigenvalue weighted by atomic mass is 32.1. The first kappa shape index (κ1) is 16.9. The van der Waals surface area contributed by atoms with Gasteiger partial charge in [-0.05, 0) is 24.4 Å². The molecule has 3 rings (SSSR count). The van der Waals surface area contributed by atoms with Crippen LogP contribution in [0.3, 0.4) is 0 Å². The Morgan fingerprint density at radius 3 is 2.60 bits per heavy atom. The second-order valence-corrected chi connectivity index (χ2v) is 5.03. The minimum absolute atomic E-state index is 0.0972. The predicted molar refractivity (Wildman–Crippen MR) is 79.7 cm³/mol. The highest BCUT2D eigenvalue weighted by Crippen LogP contribution is 2.27. The second-order valence-electron chi connectivity index (χ2n) is 4.64. The number of ether oxygens (including phenoxy) is 1. The maximum absolute atomic E-state index is 13.5. The van der Waals surface area contributed by atoms with Crippen molar-refractivity contribution in [3.8, 4) is 5.75 Å². The zero-order chi connectivity index (χ0) is 18.0. The van der Waals surface area contributed by atoms with Crippen LogP contribution in [0.25, 0.3) is 0 Å². The first-order valence-electron chi connectivity index (χ1n) is 6.66. The fourth-order valence-corrected chi connectivity index (χ4v) is 1.95. The number of benzene rings is 1. The van der Waals surface area contributed by atoms with Crippen LogP contribution in [0.2, 0.25) is 0 Å². The van der Waals surface area contributed by atoms with Gasteiger partial charge in [-0.2, -0.15) is 23.7 Å². The highest BCUT2D eigenvalue weighted by molar-refractivity contribution is 7.71. The number of hydrogen-bond donors (Lipinski definition) is 1. The molecular formula is C14H8F4N4O2S. The maximum atomic E-state index is 13.5.